The molecule has 0 N–H and O–H groups in total. The fraction of sp³-hybridized carbons (Fsp3) is 1.00. The molecule has 7 nitrogen and oxygen atoms in total. The minimum atomic E-state index is -3.66. The van der Waals surface area contributed by atoms with Gasteiger partial charge in [0.05, 0.1) is 19.8 Å². The standard InChI is InChI=1S/C10H24INO6P2/c1-6-15-19(13,16-7-2)10(12(4)5)20(14,17-8-3)18-9-11/h10H,6-9H2,1-5H3. The predicted octanol–water partition coefficient (Wildman–Crippen LogP) is 3.74. The van der Waals surface area contributed by atoms with E-state index in [1.807, 2.05) is 22.6 Å². The quantitative estimate of drug-likeness (QED) is 0.274. The molecule has 0 heterocycles. The van der Waals surface area contributed by atoms with Crippen molar-refractivity contribution in [2.24, 2.45) is 0 Å². The van der Waals surface area contributed by atoms with Crippen molar-refractivity contribution >= 4 is 37.8 Å². The Morgan fingerprint density at radius 3 is 1.50 bits per heavy atom. The Balaban J connectivity index is 5.67. The number of alkyl halides is 1. The van der Waals surface area contributed by atoms with Crippen LogP contribution in [0.15, 0.2) is 0 Å². The average molecular weight is 443 g/mol. The smallest absolute Gasteiger partial charge is 0.307 e. The van der Waals surface area contributed by atoms with Crippen molar-refractivity contribution in [3.05, 3.63) is 0 Å². The van der Waals surface area contributed by atoms with Crippen LogP contribution >= 0.6 is 37.8 Å². The molecule has 0 saturated carbocycles. The van der Waals surface area contributed by atoms with Crippen molar-refractivity contribution in [2.45, 2.75) is 26.3 Å². The van der Waals surface area contributed by atoms with E-state index in [4.69, 9.17) is 18.1 Å². The molecule has 0 aromatic carbocycles. The molecule has 2 unspecified atom stereocenters. The summed E-state index contributed by atoms with van der Waals surface area (Å²) >= 11 is 1.92. The highest BCUT2D eigenvalue weighted by Gasteiger charge is 2.52. The summed E-state index contributed by atoms with van der Waals surface area (Å²) in [6.07, 6.45) is 0. The van der Waals surface area contributed by atoms with Crippen LogP contribution in [0, 0.1) is 0 Å². The zero-order valence-electron chi connectivity index (χ0n) is 12.6. The zero-order chi connectivity index (χ0) is 15.8. The first-order valence-corrected chi connectivity index (χ1v) is 11.1. The summed E-state index contributed by atoms with van der Waals surface area (Å²) in [6, 6.07) is 0. The molecule has 122 valence electrons. The lowest BCUT2D eigenvalue weighted by Gasteiger charge is -2.34. The van der Waals surface area contributed by atoms with Crippen molar-refractivity contribution in [3.8, 4) is 0 Å². The van der Waals surface area contributed by atoms with Gasteiger partial charge in [0, 0.05) is 0 Å². The third-order valence-corrected chi connectivity index (χ3v) is 9.08. The molecule has 10 heteroatoms. The molecule has 0 amide bonds. The molecule has 0 radical (unpaired) electrons. The highest BCUT2D eigenvalue weighted by atomic mass is 127. The van der Waals surface area contributed by atoms with Crippen LogP contribution in [0.2, 0.25) is 0 Å². The molecule has 0 aliphatic rings. The molecule has 0 rings (SSSR count). The number of hydrogen-bond acceptors (Lipinski definition) is 7. The Kier molecular flexibility index (Phi) is 10.4. The second-order valence-corrected chi connectivity index (χ2v) is 9.08. The Hall–Kier alpha value is 0.990. The fourth-order valence-electron chi connectivity index (χ4n) is 1.69. The van der Waals surface area contributed by atoms with Crippen LogP contribution < -0.4 is 0 Å². The van der Waals surface area contributed by atoms with Crippen LogP contribution in [0.4, 0.5) is 0 Å². The highest BCUT2D eigenvalue weighted by molar-refractivity contribution is 14.1. The van der Waals surface area contributed by atoms with Gasteiger partial charge in [0.2, 0.25) is 5.52 Å². The number of rotatable bonds is 11. The lowest BCUT2D eigenvalue weighted by molar-refractivity contribution is 0.178. The van der Waals surface area contributed by atoms with E-state index < -0.39 is 20.7 Å². The van der Waals surface area contributed by atoms with E-state index in [0.29, 0.717) is 0 Å². The third-order valence-electron chi connectivity index (χ3n) is 2.18. The van der Waals surface area contributed by atoms with Crippen LogP contribution in [0.5, 0.6) is 0 Å². The maximum Gasteiger partial charge on any atom is 0.360 e. The number of halogens is 1. The maximum atomic E-state index is 12.9. The van der Waals surface area contributed by atoms with Crippen LogP contribution in [0.25, 0.3) is 0 Å². The van der Waals surface area contributed by atoms with Crippen LogP contribution in [-0.2, 0) is 27.2 Å². The molecule has 0 fully saturated rings. The molecule has 0 aliphatic heterocycles. The van der Waals surface area contributed by atoms with Gasteiger partial charge in [0.25, 0.3) is 0 Å². The molecular formula is C10H24INO6P2. The summed E-state index contributed by atoms with van der Waals surface area (Å²) in [5.74, 6) is 0. The first-order chi connectivity index (χ1) is 9.31. The van der Waals surface area contributed by atoms with Crippen molar-refractivity contribution < 1.29 is 27.2 Å². The average Bonchev–Trinajstić information content (AvgIpc) is 2.28. The molecule has 0 saturated heterocycles. The highest BCUT2D eigenvalue weighted by Crippen LogP contribution is 2.70. The normalized spacial score (nSPS) is 17.1. The molecule has 0 aliphatic carbocycles. The lowest BCUT2D eigenvalue weighted by Crippen LogP contribution is -2.31. The van der Waals surface area contributed by atoms with Gasteiger partial charge in [-0.3, -0.25) is 18.6 Å². The largest absolute Gasteiger partial charge is 0.360 e. The van der Waals surface area contributed by atoms with Gasteiger partial charge in [-0.05, 0) is 34.9 Å². The van der Waals surface area contributed by atoms with Gasteiger partial charge in [-0.25, -0.2) is 0 Å². The molecule has 2 atom stereocenters. The van der Waals surface area contributed by atoms with E-state index in [1.54, 1.807) is 34.9 Å². The predicted molar refractivity (Wildman–Crippen MR) is 87.5 cm³/mol. The van der Waals surface area contributed by atoms with E-state index >= 15 is 0 Å². The Morgan fingerprint density at radius 2 is 1.25 bits per heavy atom. The summed E-state index contributed by atoms with van der Waals surface area (Å²) in [4.78, 5) is 1.51. The molecule has 0 spiro atoms. The fourth-order valence-corrected chi connectivity index (χ4v) is 8.07. The maximum absolute atomic E-state index is 12.9. The number of hydrogen-bond donors (Lipinski definition) is 0. The van der Waals surface area contributed by atoms with Gasteiger partial charge in [0.1, 0.15) is 4.61 Å². The van der Waals surface area contributed by atoms with Gasteiger partial charge in [-0.15, -0.1) is 0 Å². The van der Waals surface area contributed by atoms with Crippen molar-refractivity contribution in [2.75, 3.05) is 38.5 Å². The van der Waals surface area contributed by atoms with E-state index in [2.05, 4.69) is 0 Å². The first kappa shape index (κ1) is 21.0. The zero-order valence-corrected chi connectivity index (χ0v) is 16.5. The summed E-state index contributed by atoms with van der Waals surface area (Å²) in [5, 5.41) is 0. The molecule has 0 bridgehead atoms. The molecule has 0 aromatic rings. The summed E-state index contributed by atoms with van der Waals surface area (Å²) < 4.78 is 47.2. The van der Waals surface area contributed by atoms with Crippen molar-refractivity contribution in [1.29, 1.82) is 0 Å². The monoisotopic (exact) mass is 443 g/mol. The van der Waals surface area contributed by atoms with E-state index in [1.165, 1.54) is 4.90 Å². The summed E-state index contributed by atoms with van der Waals surface area (Å²) in [5.41, 5.74) is -1.09. The summed E-state index contributed by atoms with van der Waals surface area (Å²) in [6.45, 7) is 5.63. The van der Waals surface area contributed by atoms with Crippen LogP contribution in [0.1, 0.15) is 20.8 Å². The minimum absolute atomic E-state index is 0.150. The van der Waals surface area contributed by atoms with E-state index in [-0.39, 0.29) is 24.4 Å². The van der Waals surface area contributed by atoms with Crippen molar-refractivity contribution in [3.63, 3.8) is 0 Å². The van der Waals surface area contributed by atoms with Gasteiger partial charge in [0.15, 0.2) is 0 Å². The van der Waals surface area contributed by atoms with Gasteiger partial charge in [-0.1, -0.05) is 22.6 Å². The SMILES string of the molecule is CCOP(=O)(OCC)C(N(C)C)P(=O)(OCC)OCI. The molecule has 20 heavy (non-hydrogen) atoms. The Labute approximate surface area is 134 Å². The van der Waals surface area contributed by atoms with E-state index in [9.17, 15) is 9.13 Å². The van der Waals surface area contributed by atoms with Crippen molar-refractivity contribution in [1.82, 2.24) is 4.90 Å². The van der Waals surface area contributed by atoms with Gasteiger partial charge >= 0.3 is 15.2 Å². The lowest BCUT2D eigenvalue weighted by atomic mass is 10.9. The summed E-state index contributed by atoms with van der Waals surface area (Å²) in [7, 11) is -4.05. The second kappa shape index (κ2) is 9.90. The van der Waals surface area contributed by atoms with Gasteiger partial charge < -0.3 is 13.6 Å². The minimum Gasteiger partial charge on any atom is -0.307 e. The topological polar surface area (TPSA) is 74.3 Å². The Morgan fingerprint density at radius 1 is 0.900 bits per heavy atom. The van der Waals surface area contributed by atoms with Gasteiger partial charge in [-0.2, -0.15) is 0 Å². The molecule has 0 aromatic heterocycles. The Bertz CT molecular complexity index is 318. The van der Waals surface area contributed by atoms with Crippen LogP contribution in [0.3, 0.4) is 0 Å². The van der Waals surface area contributed by atoms with E-state index in [0.717, 1.165) is 0 Å². The number of nitrogens with zero attached hydrogens (tertiary/aromatic N) is 1. The first-order valence-electron chi connectivity index (χ1n) is 6.31. The molecular weight excluding hydrogens is 419 g/mol. The third kappa shape index (κ3) is 5.65. The van der Waals surface area contributed by atoms with Crippen LogP contribution in [-0.4, -0.2) is 49.0 Å². The second-order valence-electron chi connectivity index (χ2n) is 3.88.